The van der Waals surface area contributed by atoms with Crippen LogP contribution in [0.5, 0.6) is 0 Å². The fourth-order valence-corrected chi connectivity index (χ4v) is 1.55. The molecule has 0 aromatic heterocycles. The predicted molar refractivity (Wildman–Crippen MR) is 41.5 cm³/mol. The Hall–Kier alpha value is -0.620. The normalized spacial score (nSPS) is 14.4. The zero-order valence-electron chi connectivity index (χ0n) is 6.28. The van der Waals surface area contributed by atoms with Crippen LogP contribution in [-0.2, 0) is 14.6 Å². The molecule has 0 spiro atoms. The first-order chi connectivity index (χ1) is 4.91. The van der Waals surface area contributed by atoms with Crippen molar-refractivity contribution in [1.29, 1.82) is 0 Å². The molecule has 0 saturated carbocycles. The molecule has 1 amide bonds. The minimum Gasteiger partial charge on any atom is -0.369 e. The summed E-state index contributed by atoms with van der Waals surface area (Å²) < 4.78 is 22.0. The minimum absolute atomic E-state index is 0.0138. The molecular formula is C5H12N2O3S. The van der Waals surface area contributed by atoms with E-state index in [1.807, 2.05) is 0 Å². The molecule has 0 aliphatic rings. The van der Waals surface area contributed by atoms with E-state index in [2.05, 4.69) is 0 Å². The molecule has 0 aromatic rings. The van der Waals surface area contributed by atoms with E-state index in [1.54, 1.807) is 0 Å². The van der Waals surface area contributed by atoms with Crippen molar-refractivity contribution >= 4 is 15.7 Å². The van der Waals surface area contributed by atoms with Crippen LogP contribution in [0.1, 0.15) is 6.92 Å². The van der Waals surface area contributed by atoms with Crippen LogP contribution in [0.4, 0.5) is 0 Å². The number of amides is 1. The first-order valence-electron chi connectivity index (χ1n) is 3.12. The van der Waals surface area contributed by atoms with Gasteiger partial charge >= 0.3 is 0 Å². The number of carbonyl (C=O) groups excluding carboxylic acids is 1. The summed E-state index contributed by atoms with van der Waals surface area (Å²) in [6.45, 7) is 1.27. The molecule has 66 valence electrons. The molecule has 1 atom stereocenters. The van der Waals surface area contributed by atoms with Gasteiger partial charge in [-0.15, -0.1) is 0 Å². The standard InChI is InChI=1S/C5H12N2O3S/c1-4(5(7)8)11(9,10)3-2-6/h4H,2-3,6H2,1H3,(H2,7,8). The fraction of sp³-hybridized carbons (Fsp3) is 0.800. The van der Waals surface area contributed by atoms with Crippen LogP contribution in [0, 0.1) is 0 Å². The van der Waals surface area contributed by atoms with Crippen molar-refractivity contribution in [3.05, 3.63) is 0 Å². The first kappa shape index (κ1) is 10.4. The smallest absolute Gasteiger partial charge is 0.235 e. The van der Waals surface area contributed by atoms with Crippen LogP contribution < -0.4 is 11.5 Å². The summed E-state index contributed by atoms with van der Waals surface area (Å²) in [6, 6.07) is 0. The van der Waals surface area contributed by atoms with Crippen LogP contribution in [-0.4, -0.2) is 31.9 Å². The molecule has 0 aromatic carbocycles. The summed E-state index contributed by atoms with van der Waals surface area (Å²) in [4.78, 5) is 10.4. The van der Waals surface area contributed by atoms with Crippen molar-refractivity contribution in [2.75, 3.05) is 12.3 Å². The van der Waals surface area contributed by atoms with Crippen molar-refractivity contribution in [1.82, 2.24) is 0 Å². The van der Waals surface area contributed by atoms with Gasteiger partial charge in [0.25, 0.3) is 0 Å². The Balaban J connectivity index is 4.44. The van der Waals surface area contributed by atoms with Crippen molar-refractivity contribution < 1.29 is 13.2 Å². The molecule has 11 heavy (non-hydrogen) atoms. The van der Waals surface area contributed by atoms with E-state index >= 15 is 0 Å². The topological polar surface area (TPSA) is 103 Å². The highest BCUT2D eigenvalue weighted by molar-refractivity contribution is 7.92. The summed E-state index contributed by atoms with van der Waals surface area (Å²) in [5.74, 6) is -1.03. The molecule has 0 saturated heterocycles. The van der Waals surface area contributed by atoms with Gasteiger partial charge in [0.05, 0.1) is 5.75 Å². The van der Waals surface area contributed by atoms with E-state index < -0.39 is 21.0 Å². The van der Waals surface area contributed by atoms with E-state index in [0.717, 1.165) is 0 Å². The lowest BCUT2D eigenvalue weighted by Gasteiger charge is -2.06. The summed E-state index contributed by atoms with van der Waals surface area (Å²) in [7, 11) is -3.41. The molecule has 0 aliphatic carbocycles. The molecule has 0 heterocycles. The molecule has 0 fully saturated rings. The molecule has 0 bridgehead atoms. The van der Waals surface area contributed by atoms with Gasteiger partial charge in [-0.05, 0) is 6.92 Å². The zero-order valence-corrected chi connectivity index (χ0v) is 7.10. The second-order valence-corrected chi connectivity index (χ2v) is 4.64. The third kappa shape index (κ3) is 2.85. The van der Waals surface area contributed by atoms with E-state index in [9.17, 15) is 13.2 Å². The minimum atomic E-state index is -3.41. The van der Waals surface area contributed by atoms with Gasteiger partial charge in [-0.1, -0.05) is 0 Å². The first-order valence-corrected chi connectivity index (χ1v) is 4.84. The maximum atomic E-state index is 11.0. The lowest BCUT2D eigenvalue weighted by atomic mass is 10.5. The maximum absolute atomic E-state index is 11.0. The Bertz CT molecular complexity index is 234. The lowest BCUT2D eigenvalue weighted by Crippen LogP contribution is -2.36. The number of rotatable bonds is 4. The average Bonchev–Trinajstić information content (AvgIpc) is 1.86. The number of sulfone groups is 1. The molecule has 0 radical (unpaired) electrons. The molecular weight excluding hydrogens is 168 g/mol. The van der Waals surface area contributed by atoms with Gasteiger partial charge in [-0.3, -0.25) is 4.79 Å². The Kier molecular flexibility index (Phi) is 3.47. The van der Waals surface area contributed by atoms with Crippen molar-refractivity contribution in [3.63, 3.8) is 0 Å². The van der Waals surface area contributed by atoms with Gasteiger partial charge in [-0.2, -0.15) is 0 Å². The third-order valence-electron chi connectivity index (χ3n) is 1.34. The second-order valence-electron chi connectivity index (χ2n) is 2.20. The highest BCUT2D eigenvalue weighted by atomic mass is 32.2. The van der Waals surface area contributed by atoms with Gasteiger partial charge in [0.2, 0.25) is 5.91 Å². The van der Waals surface area contributed by atoms with E-state index in [4.69, 9.17) is 11.5 Å². The number of hydrogen-bond acceptors (Lipinski definition) is 4. The Labute approximate surface area is 65.7 Å². The monoisotopic (exact) mass is 180 g/mol. The van der Waals surface area contributed by atoms with Crippen LogP contribution in [0.15, 0.2) is 0 Å². The van der Waals surface area contributed by atoms with E-state index in [1.165, 1.54) is 6.92 Å². The SMILES string of the molecule is CC(C(N)=O)S(=O)(=O)CCN. The van der Waals surface area contributed by atoms with Gasteiger partial charge < -0.3 is 11.5 Å². The number of hydrogen-bond donors (Lipinski definition) is 2. The maximum Gasteiger partial charge on any atom is 0.235 e. The molecule has 0 rings (SSSR count). The molecule has 5 nitrogen and oxygen atoms in total. The van der Waals surface area contributed by atoms with E-state index in [-0.39, 0.29) is 12.3 Å². The van der Waals surface area contributed by atoms with Crippen LogP contribution in [0.3, 0.4) is 0 Å². The summed E-state index contributed by atoms with van der Waals surface area (Å²) in [5, 5.41) is -1.13. The largest absolute Gasteiger partial charge is 0.369 e. The summed E-state index contributed by atoms with van der Waals surface area (Å²) >= 11 is 0. The quantitative estimate of drug-likeness (QED) is 0.534. The third-order valence-corrected chi connectivity index (χ3v) is 3.46. The fourth-order valence-electron chi connectivity index (χ4n) is 0.518. The number of carbonyl (C=O) groups is 1. The lowest BCUT2D eigenvalue weighted by molar-refractivity contribution is -0.117. The molecule has 0 aliphatic heterocycles. The number of primary amides is 1. The zero-order chi connectivity index (χ0) is 9.07. The highest BCUT2D eigenvalue weighted by Gasteiger charge is 2.24. The van der Waals surface area contributed by atoms with Crippen LogP contribution in [0.25, 0.3) is 0 Å². The Morgan fingerprint density at radius 1 is 1.55 bits per heavy atom. The highest BCUT2D eigenvalue weighted by Crippen LogP contribution is 1.99. The predicted octanol–water partition coefficient (Wildman–Crippen LogP) is -1.77. The summed E-state index contributed by atoms with van der Waals surface area (Å²) in [6.07, 6.45) is 0. The summed E-state index contributed by atoms with van der Waals surface area (Å²) in [5.41, 5.74) is 9.81. The Morgan fingerprint density at radius 2 is 2.00 bits per heavy atom. The van der Waals surface area contributed by atoms with Gasteiger partial charge in [0.15, 0.2) is 9.84 Å². The van der Waals surface area contributed by atoms with E-state index in [0.29, 0.717) is 0 Å². The van der Waals surface area contributed by atoms with Crippen LogP contribution in [0.2, 0.25) is 0 Å². The molecule has 1 unspecified atom stereocenters. The molecule has 4 N–H and O–H groups in total. The van der Waals surface area contributed by atoms with Gasteiger partial charge in [0, 0.05) is 6.54 Å². The van der Waals surface area contributed by atoms with Crippen molar-refractivity contribution in [3.8, 4) is 0 Å². The average molecular weight is 180 g/mol. The van der Waals surface area contributed by atoms with Gasteiger partial charge in [-0.25, -0.2) is 8.42 Å². The van der Waals surface area contributed by atoms with Crippen molar-refractivity contribution in [2.24, 2.45) is 11.5 Å². The van der Waals surface area contributed by atoms with Crippen molar-refractivity contribution in [2.45, 2.75) is 12.2 Å². The Morgan fingerprint density at radius 3 is 2.27 bits per heavy atom. The number of nitrogens with two attached hydrogens (primary N) is 2. The van der Waals surface area contributed by atoms with Gasteiger partial charge in [0.1, 0.15) is 5.25 Å². The second kappa shape index (κ2) is 3.68. The van der Waals surface area contributed by atoms with Crippen LogP contribution >= 0.6 is 0 Å². The molecule has 6 heteroatoms.